The highest BCUT2D eigenvalue weighted by atomic mass is 19.1. The van der Waals surface area contributed by atoms with Crippen molar-refractivity contribution < 1.29 is 23.4 Å². The van der Waals surface area contributed by atoms with Gasteiger partial charge in [-0.15, -0.1) is 0 Å². The van der Waals surface area contributed by atoms with Crippen LogP contribution in [-0.4, -0.2) is 64.9 Å². The van der Waals surface area contributed by atoms with Crippen molar-refractivity contribution in [1.82, 2.24) is 4.90 Å². The lowest BCUT2D eigenvalue weighted by molar-refractivity contribution is -0.117. The summed E-state index contributed by atoms with van der Waals surface area (Å²) in [5, 5.41) is 2.87. The average molecular weight is 403 g/mol. The second kappa shape index (κ2) is 9.47. The van der Waals surface area contributed by atoms with Crippen LogP contribution in [0.5, 0.6) is 17.2 Å². The van der Waals surface area contributed by atoms with Gasteiger partial charge in [-0.05, 0) is 12.1 Å². The highest BCUT2D eigenvalue weighted by Gasteiger charge is 2.21. The van der Waals surface area contributed by atoms with Gasteiger partial charge < -0.3 is 24.4 Å². The van der Waals surface area contributed by atoms with Crippen LogP contribution >= 0.6 is 0 Å². The fourth-order valence-corrected chi connectivity index (χ4v) is 3.41. The van der Waals surface area contributed by atoms with Gasteiger partial charge >= 0.3 is 0 Å². The molecule has 29 heavy (non-hydrogen) atoms. The molecule has 7 nitrogen and oxygen atoms in total. The van der Waals surface area contributed by atoms with Crippen LogP contribution in [0, 0.1) is 5.82 Å². The molecule has 3 rings (SSSR count). The molecule has 0 spiro atoms. The Morgan fingerprint density at radius 1 is 1.00 bits per heavy atom. The second-order valence-corrected chi connectivity index (χ2v) is 6.68. The second-order valence-electron chi connectivity index (χ2n) is 6.68. The van der Waals surface area contributed by atoms with Crippen LogP contribution in [0.15, 0.2) is 36.4 Å². The molecule has 2 aromatic carbocycles. The highest BCUT2D eigenvalue weighted by Crippen LogP contribution is 2.39. The molecule has 0 saturated carbocycles. The number of hydrogen-bond acceptors (Lipinski definition) is 6. The molecule has 0 aromatic heterocycles. The maximum atomic E-state index is 14.0. The van der Waals surface area contributed by atoms with Gasteiger partial charge in [0.05, 0.1) is 33.6 Å². The molecule has 1 aliphatic heterocycles. The number of hydrogen-bond donors (Lipinski definition) is 1. The summed E-state index contributed by atoms with van der Waals surface area (Å²) < 4.78 is 29.9. The molecule has 1 saturated heterocycles. The van der Waals surface area contributed by atoms with Gasteiger partial charge in [0.1, 0.15) is 5.82 Å². The predicted molar refractivity (Wildman–Crippen MR) is 110 cm³/mol. The molecule has 1 N–H and O–H groups in total. The number of ether oxygens (including phenoxy) is 3. The number of methoxy groups -OCH3 is 3. The van der Waals surface area contributed by atoms with Crippen molar-refractivity contribution in [2.75, 3.05) is 64.3 Å². The minimum absolute atomic E-state index is 0.140. The molecular weight excluding hydrogens is 377 g/mol. The standard InChI is InChI=1S/C21H26FN3O4/c1-27-18-12-15(13-19(28-2)21(18)29-3)23-20(26)14-24-8-10-25(11-9-24)17-7-5-4-6-16(17)22/h4-7,12-13H,8-11,14H2,1-3H3,(H,23,26). The number of amides is 1. The van der Waals surface area contributed by atoms with Crippen LogP contribution in [0.25, 0.3) is 0 Å². The third-order valence-corrected chi connectivity index (χ3v) is 4.88. The molecule has 156 valence electrons. The minimum atomic E-state index is -0.221. The van der Waals surface area contributed by atoms with Gasteiger partial charge in [-0.25, -0.2) is 4.39 Å². The summed E-state index contributed by atoms with van der Waals surface area (Å²) in [7, 11) is 4.58. The molecule has 1 heterocycles. The normalized spacial score (nSPS) is 14.4. The first-order valence-corrected chi connectivity index (χ1v) is 9.37. The number of halogens is 1. The average Bonchev–Trinajstić information content (AvgIpc) is 2.74. The van der Waals surface area contributed by atoms with E-state index in [4.69, 9.17) is 14.2 Å². The van der Waals surface area contributed by atoms with Gasteiger partial charge in [0, 0.05) is 44.0 Å². The third kappa shape index (κ3) is 4.89. The number of nitrogens with zero attached hydrogens (tertiary/aromatic N) is 2. The van der Waals surface area contributed by atoms with Crippen LogP contribution in [0.1, 0.15) is 0 Å². The summed E-state index contributed by atoms with van der Waals surface area (Å²) in [5.74, 6) is 1.05. The molecular formula is C21H26FN3O4. The summed E-state index contributed by atoms with van der Waals surface area (Å²) in [6, 6.07) is 10.1. The van der Waals surface area contributed by atoms with Crippen LogP contribution < -0.4 is 24.4 Å². The van der Waals surface area contributed by atoms with Crippen molar-refractivity contribution in [3.63, 3.8) is 0 Å². The van der Waals surface area contributed by atoms with Crippen molar-refractivity contribution in [1.29, 1.82) is 0 Å². The predicted octanol–water partition coefficient (Wildman–Crippen LogP) is 2.61. The van der Waals surface area contributed by atoms with Crippen molar-refractivity contribution in [2.24, 2.45) is 0 Å². The van der Waals surface area contributed by atoms with E-state index in [9.17, 15) is 9.18 Å². The molecule has 0 aliphatic carbocycles. The fraction of sp³-hybridized carbons (Fsp3) is 0.381. The number of carbonyl (C=O) groups excluding carboxylic acids is 1. The SMILES string of the molecule is COc1cc(NC(=O)CN2CCN(c3ccccc3F)CC2)cc(OC)c1OC. The molecule has 0 atom stereocenters. The zero-order valence-corrected chi connectivity index (χ0v) is 16.9. The number of carbonyl (C=O) groups is 1. The quantitative estimate of drug-likeness (QED) is 0.767. The number of benzene rings is 2. The van der Waals surface area contributed by atoms with Gasteiger partial charge in [-0.2, -0.15) is 0 Å². The topological polar surface area (TPSA) is 63.3 Å². The first-order chi connectivity index (χ1) is 14.0. The zero-order valence-electron chi connectivity index (χ0n) is 16.9. The Hall–Kier alpha value is -3.00. The molecule has 1 amide bonds. The molecule has 8 heteroatoms. The molecule has 0 unspecified atom stereocenters. The lowest BCUT2D eigenvalue weighted by atomic mass is 10.2. The van der Waals surface area contributed by atoms with Crippen LogP contribution in [0.4, 0.5) is 15.8 Å². The van der Waals surface area contributed by atoms with E-state index >= 15 is 0 Å². The Kier molecular flexibility index (Phi) is 6.77. The zero-order chi connectivity index (χ0) is 20.8. The Bertz CT molecular complexity index is 829. The van der Waals surface area contributed by atoms with Gasteiger partial charge in [-0.1, -0.05) is 12.1 Å². The first-order valence-electron chi connectivity index (χ1n) is 9.37. The monoisotopic (exact) mass is 403 g/mol. The third-order valence-electron chi connectivity index (χ3n) is 4.88. The van der Waals surface area contributed by atoms with E-state index in [-0.39, 0.29) is 18.3 Å². The lowest BCUT2D eigenvalue weighted by Gasteiger charge is -2.35. The molecule has 0 radical (unpaired) electrons. The number of piperazine rings is 1. The molecule has 1 fully saturated rings. The van der Waals surface area contributed by atoms with Crippen molar-refractivity contribution >= 4 is 17.3 Å². The van der Waals surface area contributed by atoms with Gasteiger partial charge in [-0.3, -0.25) is 9.69 Å². The van der Waals surface area contributed by atoms with Crippen LogP contribution in [-0.2, 0) is 4.79 Å². The summed E-state index contributed by atoms with van der Waals surface area (Å²) >= 11 is 0. The maximum absolute atomic E-state index is 14.0. The van der Waals surface area contributed by atoms with E-state index in [0.717, 1.165) is 0 Å². The summed E-state index contributed by atoms with van der Waals surface area (Å²) in [6.07, 6.45) is 0. The Morgan fingerprint density at radius 3 is 2.17 bits per heavy atom. The van der Waals surface area contributed by atoms with Crippen LogP contribution in [0.3, 0.4) is 0 Å². The maximum Gasteiger partial charge on any atom is 0.238 e. The van der Waals surface area contributed by atoms with E-state index in [1.54, 1.807) is 24.3 Å². The van der Waals surface area contributed by atoms with E-state index in [1.807, 2.05) is 15.9 Å². The van der Waals surface area contributed by atoms with E-state index in [2.05, 4.69) is 5.32 Å². The van der Waals surface area contributed by atoms with E-state index < -0.39 is 0 Å². The van der Waals surface area contributed by atoms with Gasteiger partial charge in [0.2, 0.25) is 11.7 Å². The number of para-hydroxylation sites is 1. The van der Waals surface area contributed by atoms with Crippen molar-refractivity contribution in [3.8, 4) is 17.2 Å². The fourth-order valence-electron chi connectivity index (χ4n) is 3.41. The highest BCUT2D eigenvalue weighted by molar-refractivity contribution is 5.93. The van der Waals surface area contributed by atoms with Gasteiger partial charge in [0.25, 0.3) is 0 Å². The van der Waals surface area contributed by atoms with Crippen molar-refractivity contribution in [3.05, 3.63) is 42.2 Å². The number of nitrogens with one attached hydrogen (secondary N) is 1. The number of anilines is 2. The van der Waals surface area contributed by atoms with Gasteiger partial charge in [0.15, 0.2) is 11.5 Å². The Balaban J connectivity index is 1.57. The molecule has 2 aromatic rings. The Morgan fingerprint density at radius 2 is 1.62 bits per heavy atom. The minimum Gasteiger partial charge on any atom is -0.493 e. The Labute approximate surface area is 170 Å². The largest absolute Gasteiger partial charge is 0.493 e. The first kappa shape index (κ1) is 20.7. The number of rotatable bonds is 7. The summed E-state index contributed by atoms with van der Waals surface area (Å²) in [5.41, 5.74) is 1.17. The summed E-state index contributed by atoms with van der Waals surface area (Å²) in [6.45, 7) is 2.94. The van der Waals surface area contributed by atoms with Crippen LogP contribution in [0.2, 0.25) is 0 Å². The lowest BCUT2D eigenvalue weighted by Crippen LogP contribution is -2.48. The van der Waals surface area contributed by atoms with E-state index in [0.29, 0.717) is 54.8 Å². The summed E-state index contributed by atoms with van der Waals surface area (Å²) in [4.78, 5) is 16.5. The van der Waals surface area contributed by atoms with Crippen molar-refractivity contribution in [2.45, 2.75) is 0 Å². The molecule has 0 bridgehead atoms. The van der Waals surface area contributed by atoms with E-state index in [1.165, 1.54) is 27.4 Å². The smallest absolute Gasteiger partial charge is 0.238 e. The molecule has 1 aliphatic rings.